The zero-order valence-corrected chi connectivity index (χ0v) is 62.7. The van der Waals surface area contributed by atoms with E-state index in [2.05, 4.69) is 437 Å². The van der Waals surface area contributed by atoms with E-state index < -0.39 is 0 Å². The minimum absolute atomic E-state index is 1.10. The fourth-order valence-corrected chi connectivity index (χ4v) is 16.1. The molecule has 0 fully saturated rings. The van der Waals surface area contributed by atoms with Crippen molar-refractivity contribution in [3.63, 3.8) is 0 Å². The summed E-state index contributed by atoms with van der Waals surface area (Å²) in [4.78, 5) is 0. The molecule has 0 unspecified atom stereocenters. The van der Waals surface area contributed by atoms with Gasteiger partial charge in [-0.1, -0.05) is 400 Å². The molecule has 24 aromatic carbocycles. The van der Waals surface area contributed by atoms with Crippen molar-refractivity contribution >= 4 is 162 Å². The van der Waals surface area contributed by atoms with Gasteiger partial charge in [-0.15, -0.1) is 0 Å². The molecule has 0 saturated carbocycles. The predicted molar refractivity (Wildman–Crippen MR) is 494 cm³/mol. The van der Waals surface area contributed by atoms with E-state index >= 15 is 0 Å². The zero-order chi connectivity index (χ0) is 75.5. The highest BCUT2D eigenvalue weighted by atomic mass is 14.2. The quantitative estimate of drug-likeness (QED) is 0.105. The van der Waals surface area contributed by atoms with Gasteiger partial charge in [0.25, 0.3) is 0 Å². The lowest BCUT2D eigenvalue weighted by molar-refractivity contribution is 1.26. The summed E-state index contributed by atoms with van der Waals surface area (Å²) in [5.74, 6) is 0. The molecule has 0 heteroatoms. The molecule has 0 N–H and O–H groups in total. The van der Waals surface area contributed by atoms with Crippen LogP contribution in [0.2, 0.25) is 0 Å². The van der Waals surface area contributed by atoms with Crippen LogP contribution in [0.15, 0.2) is 473 Å². The Morgan fingerprint density at radius 1 is 0.106 bits per heavy atom. The summed E-state index contributed by atoms with van der Waals surface area (Å²) in [5.41, 5.74) is 5.75. The monoisotopic (exact) mass is 1440 g/mol. The topological polar surface area (TPSA) is 0 Å². The zero-order valence-electron chi connectivity index (χ0n) is 62.7. The van der Waals surface area contributed by atoms with Gasteiger partial charge < -0.3 is 0 Å². The highest BCUT2D eigenvalue weighted by molar-refractivity contribution is 6.23. The summed E-state index contributed by atoms with van der Waals surface area (Å²) in [5, 5.41) is 39.6. The van der Waals surface area contributed by atoms with Crippen molar-refractivity contribution in [1.82, 2.24) is 0 Å². The molecule has 0 saturated heterocycles. The number of rotatable bonds is 0. The van der Waals surface area contributed by atoms with E-state index in [-0.39, 0.29) is 0 Å². The van der Waals surface area contributed by atoms with Gasteiger partial charge in [-0.05, 0) is 263 Å². The van der Waals surface area contributed by atoms with Crippen LogP contribution in [0.25, 0.3) is 173 Å². The van der Waals surface area contributed by atoms with Crippen molar-refractivity contribution in [2.75, 3.05) is 0 Å². The van der Waals surface area contributed by atoms with E-state index in [1.54, 1.807) is 0 Å². The second-order valence-corrected chi connectivity index (χ2v) is 29.0. The molecule has 0 bridgehead atoms. The molecule has 0 spiro atoms. The first-order valence-corrected chi connectivity index (χ1v) is 39.0. The van der Waals surface area contributed by atoms with Crippen LogP contribution in [-0.4, -0.2) is 0 Å². The van der Waals surface area contributed by atoms with E-state index in [1.165, 1.54) is 184 Å². The van der Waals surface area contributed by atoms with Crippen LogP contribution >= 0.6 is 0 Å². The maximum absolute atomic E-state index is 2.31. The lowest BCUT2D eigenvalue weighted by Crippen LogP contribution is -1.82. The van der Waals surface area contributed by atoms with Crippen LogP contribution in [0.4, 0.5) is 0 Å². The summed E-state index contributed by atoms with van der Waals surface area (Å²) in [7, 11) is 0. The third kappa shape index (κ3) is 15.6. The van der Waals surface area contributed by atoms with Gasteiger partial charge in [0.2, 0.25) is 0 Å². The van der Waals surface area contributed by atoms with E-state index in [4.69, 9.17) is 0 Å². The molecule has 0 aromatic heterocycles. The molecule has 1 aliphatic rings. The first kappa shape index (κ1) is 70.1. The first-order valence-electron chi connectivity index (χ1n) is 39.0. The normalized spacial score (nSPS) is 11.2. The van der Waals surface area contributed by atoms with Crippen molar-refractivity contribution in [3.05, 3.63) is 484 Å². The number of hydrogen-bond donors (Lipinski definition) is 0. The molecule has 0 radical (unpaired) electrons. The molecule has 0 nitrogen and oxygen atoms in total. The second-order valence-electron chi connectivity index (χ2n) is 29.0. The first-order chi connectivity index (χ1) is 56.0. The lowest BCUT2D eigenvalue weighted by Gasteiger charge is -2.09. The van der Waals surface area contributed by atoms with Gasteiger partial charge in [0.1, 0.15) is 0 Å². The molecule has 0 amide bonds. The molecule has 0 atom stereocenters. The Balaban J connectivity index is 0.0000000916. The predicted octanol–water partition coefficient (Wildman–Crippen LogP) is 31.8. The highest BCUT2D eigenvalue weighted by Crippen LogP contribution is 2.38. The minimum Gasteiger partial charge on any atom is -0.0623 e. The largest absolute Gasteiger partial charge is 0.0623 e. The maximum atomic E-state index is 2.31. The maximum Gasteiger partial charge on any atom is -0.00135 e. The van der Waals surface area contributed by atoms with Crippen LogP contribution in [0, 0.1) is 0 Å². The average molecular weight is 1440 g/mol. The van der Waals surface area contributed by atoms with Gasteiger partial charge in [0, 0.05) is 0 Å². The summed E-state index contributed by atoms with van der Waals surface area (Å²) in [6.45, 7) is 0. The van der Waals surface area contributed by atoms with Gasteiger partial charge >= 0.3 is 0 Å². The molecule has 0 heterocycles. The fourth-order valence-electron chi connectivity index (χ4n) is 16.1. The van der Waals surface area contributed by atoms with Gasteiger partial charge in [-0.3, -0.25) is 0 Å². The minimum atomic E-state index is 1.10. The third-order valence-corrected chi connectivity index (χ3v) is 21.8. The molecule has 25 rings (SSSR count). The van der Waals surface area contributed by atoms with E-state index in [1.807, 2.05) is 36.4 Å². The Morgan fingerprint density at radius 3 is 0.522 bits per heavy atom. The van der Waals surface area contributed by atoms with Gasteiger partial charge in [0.15, 0.2) is 0 Å². The molecule has 532 valence electrons. The van der Waals surface area contributed by atoms with E-state index in [0.717, 1.165) is 6.42 Å². The molecular weight excluding hydrogens is 1360 g/mol. The standard InChI is InChI=1S/C22H14.C18H12.C16H10.2C14H10.C13H10.C10H8.C6H6/c1-2-6-16-10-20-14-22-12-18-8-4-3-7-17(18)11-21(22)13-19(20)9-15(16)5-1;1-2-6-14-10-18-12-16-8-4-3-7-15(16)11-17(18)9-13(14)5-1;1-3-11-7-9-13-5-2-6-14-10-8-12(4-1)15(11)16(13)14;1-3-7-13-11(5-1)9-10-12-6-2-4-8-14(12)13;1-2-6-12-10-14-8-4-3-7-13(14)9-11(12)5-1;1-3-7-12-10(5-1)9-11-6-2-4-8-13(11)12;1-2-6-10-8-4-3-7-9(10)5-1;1-2-4-6-5-3-1/h1-14H;1-12H;1-10H;2*1-10H;1-8H,9H2;1-8H;1-6H. The summed E-state index contributed by atoms with van der Waals surface area (Å²) in [6, 6.07) is 168. The van der Waals surface area contributed by atoms with Gasteiger partial charge in [-0.25, -0.2) is 0 Å². The number of benzene rings is 24. The Morgan fingerprint density at radius 2 is 0.274 bits per heavy atom. The van der Waals surface area contributed by atoms with Crippen LogP contribution < -0.4 is 0 Å². The van der Waals surface area contributed by atoms with E-state index in [9.17, 15) is 0 Å². The Labute approximate surface area is 658 Å². The Hall–Kier alpha value is -14.6. The SMILES string of the molecule is c1cc2ccc3cccc4ccc(c1)c2c34.c1ccc2c(c1)Cc1ccccc1-2.c1ccc2c(c1)ccc1ccccc12.c1ccc2cc3cc4cc5ccccc5cc4cc3cc2c1.c1ccc2cc3cc4ccccc4cc3cc2c1.c1ccc2cc3ccccc3cc2c1.c1ccc2ccccc2c1.c1ccccc1. The highest BCUT2D eigenvalue weighted by Gasteiger charge is 2.16. The van der Waals surface area contributed by atoms with Crippen LogP contribution in [0.1, 0.15) is 11.1 Å². The average Bonchev–Trinajstić information content (AvgIpc) is 1.31. The molecule has 1 aliphatic carbocycles. The van der Waals surface area contributed by atoms with Crippen LogP contribution in [0.5, 0.6) is 0 Å². The molecular formula is C113H80. The van der Waals surface area contributed by atoms with Crippen molar-refractivity contribution in [2.24, 2.45) is 0 Å². The fraction of sp³-hybridized carbons (Fsp3) is 0.00885. The molecule has 113 heavy (non-hydrogen) atoms. The Bertz CT molecular complexity index is 6710. The molecule has 0 aliphatic heterocycles. The van der Waals surface area contributed by atoms with Gasteiger partial charge in [0.05, 0.1) is 0 Å². The second kappa shape index (κ2) is 32.7. The third-order valence-electron chi connectivity index (χ3n) is 21.8. The van der Waals surface area contributed by atoms with Crippen LogP contribution in [0.3, 0.4) is 0 Å². The van der Waals surface area contributed by atoms with Crippen molar-refractivity contribution < 1.29 is 0 Å². The summed E-state index contributed by atoms with van der Waals surface area (Å²) < 4.78 is 0. The van der Waals surface area contributed by atoms with Gasteiger partial charge in [-0.2, -0.15) is 0 Å². The van der Waals surface area contributed by atoms with Crippen molar-refractivity contribution in [2.45, 2.75) is 6.42 Å². The Kier molecular flexibility index (Phi) is 20.3. The van der Waals surface area contributed by atoms with Crippen molar-refractivity contribution in [3.8, 4) is 11.1 Å². The number of hydrogen-bond acceptors (Lipinski definition) is 0. The summed E-state index contributed by atoms with van der Waals surface area (Å²) in [6.07, 6.45) is 1.10. The van der Waals surface area contributed by atoms with Crippen molar-refractivity contribution in [1.29, 1.82) is 0 Å². The van der Waals surface area contributed by atoms with E-state index in [0.29, 0.717) is 0 Å². The smallest absolute Gasteiger partial charge is 0.00135 e. The number of fused-ring (bicyclic) bond motifs is 16. The summed E-state index contributed by atoms with van der Waals surface area (Å²) >= 11 is 0. The lowest BCUT2D eigenvalue weighted by atomic mass is 9.95. The van der Waals surface area contributed by atoms with Crippen LogP contribution in [-0.2, 0) is 6.42 Å². The molecule has 24 aromatic rings.